The summed E-state index contributed by atoms with van der Waals surface area (Å²) in [5.41, 5.74) is 7.60. The maximum absolute atomic E-state index is 14.8. The normalized spacial score (nSPS) is 14.4. The molecular weight excluding hydrogens is 452 g/mol. The Balaban J connectivity index is 1.56. The molecule has 1 aliphatic heterocycles. The Kier molecular flexibility index (Phi) is 6.45. The predicted molar refractivity (Wildman–Crippen MR) is 132 cm³/mol. The van der Waals surface area contributed by atoms with Gasteiger partial charge in [-0.25, -0.2) is 18.4 Å². The van der Waals surface area contributed by atoms with Crippen LogP contribution in [0, 0.1) is 11.6 Å². The van der Waals surface area contributed by atoms with Crippen LogP contribution in [0.5, 0.6) is 5.75 Å². The molecule has 0 amide bonds. The van der Waals surface area contributed by atoms with Crippen LogP contribution in [-0.4, -0.2) is 57.9 Å². The molecule has 0 unspecified atom stereocenters. The Labute approximate surface area is 201 Å². The van der Waals surface area contributed by atoms with E-state index in [1.807, 2.05) is 0 Å². The minimum absolute atomic E-state index is 0.00235. The number of halogens is 2. The first-order valence-corrected chi connectivity index (χ1v) is 11.7. The first-order chi connectivity index (χ1) is 17.0. The summed E-state index contributed by atoms with van der Waals surface area (Å²) in [6, 6.07) is 11.2. The van der Waals surface area contributed by atoms with Crippen molar-refractivity contribution in [3.05, 3.63) is 54.1 Å². The molecule has 1 aliphatic rings. The second kappa shape index (κ2) is 9.83. The smallest absolute Gasteiger partial charge is 0.225 e. The van der Waals surface area contributed by atoms with Gasteiger partial charge >= 0.3 is 0 Å². The molecular formula is C25H27F2N7O. The first-order valence-electron chi connectivity index (χ1n) is 11.7. The summed E-state index contributed by atoms with van der Waals surface area (Å²) < 4.78 is 35.7. The van der Waals surface area contributed by atoms with Crippen molar-refractivity contribution in [1.29, 1.82) is 0 Å². The van der Waals surface area contributed by atoms with E-state index in [0.717, 1.165) is 25.7 Å². The van der Waals surface area contributed by atoms with Crippen molar-refractivity contribution >= 4 is 22.8 Å². The molecule has 182 valence electrons. The topological polar surface area (TPSA) is 94.1 Å². The Bertz CT molecular complexity index is 1330. The van der Waals surface area contributed by atoms with Gasteiger partial charge in [0.15, 0.2) is 17.3 Å². The fourth-order valence-electron chi connectivity index (χ4n) is 4.40. The third-order valence-electron chi connectivity index (χ3n) is 6.25. The van der Waals surface area contributed by atoms with E-state index in [9.17, 15) is 8.78 Å². The van der Waals surface area contributed by atoms with E-state index in [1.165, 1.54) is 36.1 Å². The van der Waals surface area contributed by atoms with Crippen LogP contribution in [0.1, 0.15) is 19.3 Å². The molecule has 4 aromatic rings. The van der Waals surface area contributed by atoms with Crippen LogP contribution in [0.25, 0.3) is 28.0 Å². The number of nitrogens with zero attached hydrogens (tertiary/aromatic N) is 5. The van der Waals surface area contributed by atoms with Crippen molar-refractivity contribution in [2.24, 2.45) is 0 Å². The number of methoxy groups -OCH3 is 1. The highest BCUT2D eigenvalue weighted by atomic mass is 19.2. The van der Waals surface area contributed by atoms with E-state index >= 15 is 0 Å². The van der Waals surface area contributed by atoms with Gasteiger partial charge in [-0.2, -0.15) is 4.98 Å². The van der Waals surface area contributed by atoms with Crippen LogP contribution in [0.4, 0.5) is 20.5 Å². The standard InChI is InChI=1S/C25H27F2N7O/c1-35-17-10-8-16(9-11-17)34-23(28)20-22(18-6-5-7-19(26)21(18)27)30-25(31-24(20)32-34)29-12-15-33-13-3-2-4-14-33/h5-11H,2-4,12-15,28H2,1H3,(H,29,31,32). The van der Waals surface area contributed by atoms with E-state index in [0.29, 0.717) is 23.4 Å². The highest BCUT2D eigenvalue weighted by Crippen LogP contribution is 2.34. The average Bonchev–Trinajstić information content (AvgIpc) is 3.22. The quantitative estimate of drug-likeness (QED) is 0.409. The van der Waals surface area contributed by atoms with Gasteiger partial charge in [-0.05, 0) is 62.3 Å². The lowest BCUT2D eigenvalue weighted by atomic mass is 10.1. The molecule has 0 aliphatic carbocycles. The van der Waals surface area contributed by atoms with Crippen molar-refractivity contribution in [2.45, 2.75) is 19.3 Å². The zero-order chi connectivity index (χ0) is 24.4. The largest absolute Gasteiger partial charge is 0.497 e. The van der Waals surface area contributed by atoms with E-state index in [4.69, 9.17) is 10.5 Å². The first kappa shape index (κ1) is 23.0. The van der Waals surface area contributed by atoms with Crippen molar-refractivity contribution in [3.63, 3.8) is 0 Å². The molecule has 10 heteroatoms. The molecule has 8 nitrogen and oxygen atoms in total. The molecule has 0 saturated carbocycles. The van der Waals surface area contributed by atoms with Gasteiger partial charge in [-0.3, -0.25) is 0 Å². The molecule has 0 bridgehead atoms. The third-order valence-corrected chi connectivity index (χ3v) is 6.25. The number of ether oxygens (including phenoxy) is 1. The summed E-state index contributed by atoms with van der Waals surface area (Å²) in [5, 5.41) is 8.15. The summed E-state index contributed by atoms with van der Waals surface area (Å²) >= 11 is 0. The highest BCUT2D eigenvalue weighted by Gasteiger charge is 2.22. The lowest BCUT2D eigenvalue weighted by Crippen LogP contribution is -2.33. The van der Waals surface area contributed by atoms with Crippen LogP contribution in [-0.2, 0) is 0 Å². The molecule has 1 fully saturated rings. The summed E-state index contributed by atoms with van der Waals surface area (Å²) in [6.45, 7) is 3.60. The average molecular weight is 480 g/mol. The lowest BCUT2D eigenvalue weighted by Gasteiger charge is -2.26. The van der Waals surface area contributed by atoms with Crippen LogP contribution in [0.2, 0.25) is 0 Å². The summed E-state index contributed by atoms with van der Waals surface area (Å²) in [6.07, 6.45) is 3.67. The molecule has 5 rings (SSSR count). The maximum Gasteiger partial charge on any atom is 0.225 e. The summed E-state index contributed by atoms with van der Waals surface area (Å²) in [5.74, 6) is -0.763. The predicted octanol–water partition coefficient (Wildman–Crippen LogP) is 4.25. The monoisotopic (exact) mass is 479 g/mol. The molecule has 0 atom stereocenters. The van der Waals surface area contributed by atoms with Crippen molar-refractivity contribution in [1.82, 2.24) is 24.6 Å². The van der Waals surface area contributed by atoms with Crippen molar-refractivity contribution < 1.29 is 13.5 Å². The fraction of sp³-hybridized carbons (Fsp3) is 0.320. The number of likely N-dealkylation sites (tertiary alicyclic amines) is 1. The number of piperidine rings is 1. The fourth-order valence-corrected chi connectivity index (χ4v) is 4.40. The minimum atomic E-state index is -0.997. The molecule has 2 aromatic heterocycles. The van der Waals surface area contributed by atoms with Crippen LogP contribution in [0.15, 0.2) is 42.5 Å². The third kappa shape index (κ3) is 4.61. The second-order valence-corrected chi connectivity index (χ2v) is 8.52. The SMILES string of the molecule is COc1ccc(-n2nc3nc(NCCN4CCCCC4)nc(-c4cccc(F)c4F)c3c2N)cc1. The van der Waals surface area contributed by atoms with Crippen LogP contribution < -0.4 is 15.8 Å². The number of aromatic nitrogens is 4. The van der Waals surface area contributed by atoms with Gasteiger partial charge in [0.1, 0.15) is 11.6 Å². The number of nitrogens with one attached hydrogen (secondary N) is 1. The number of hydrogen-bond acceptors (Lipinski definition) is 7. The van der Waals surface area contributed by atoms with Gasteiger partial charge in [0.2, 0.25) is 5.95 Å². The molecule has 35 heavy (non-hydrogen) atoms. The second-order valence-electron chi connectivity index (χ2n) is 8.52. The Morgan fingerprint density at radius 3 is 2.54 bits per heavy atom. The Morgan fingerprint density at radius 2 is 1.80 bits per heavy atom. The number of fused-ring (bicyclic) bond motifs is 1. The van der Waals surface area contributed by atoms with Gasteiger partial charge in [0.25, 0.3) is 0 Å². The molecule has 2 aromatic carbocycles. The molecule has 3 heterocycles. The molecule has 3 N–H and O–H groups in total. The van der Waals surface area contributed by atoms with E-state index in [2.05, 4.69) is 25.3 Å². The van der Waals surface area contributed by atoms with E-state index in [1.54, 1.807) is 31.4 Å². The maximum atomic E-state index is 14.8. The number of nitrogen functional groups attached to an aromatic ring is 1. The zero-order valence-corrected chi connectivity index (χ0v) is 19.5. The Hall–Kier alpha value is -3.79. The number of rotatable bonds is 7. The molecule has 1 saturated heterocycles. The highest BCUT2D eigenvalue weighted by molar-refractivity contribution is 5.99. The molecule has 0 spiro atoms. The van der Waals surface area contributed by atoms with Gasteiger partial charge in [0.05, 0.1) is 23.9 Å². The van der Waals surface area contributed by atoms with E-state index < -0.39 is 11.6 Å². The van der Waals surface area contributed by atoms with Crippen LogP contribution >= 0.6 is 0 Å². The summed E-state index contributed by atoms with van der Waals surface area (Å²) in [4.78, 5) is 11.5. The lowest BCUT2D eigenvalue weighted by molar-refractivity contribution is 0.237. The van der Waals surface area contributed by atoms with Gasteiger partial charge < -0.3 is 20.7 Å². The number of nitrogens with two attached hydrogens (primary N) is 1. The van der Waals surface area contributed by atoms with Gasteiger partial charge in [0, 0.05) is 18.7 Å². The summed E-state index contributed by atoms with van der Waals surface area (Å²) in [7, 11) is 1.58. The van der Waals surface area contributed by atoms with Gasteiger partial charge in [-0.1, -0.05) is 12.5 Å². The minimum Gasteiger partial charge on any atom is -0.497 e. The Morgan fingerprint density at radius 1 is 1.03 bits per heavy atom. The number of hydrogen-bond donors (Lipinski definition) is 2. The molecule has 0 radical (unpaired) electrons. The zero-order valence-electron chi connectivity index (χ0n) is 19.5. The van der Waals surface area contributed by atoms with Crippen molar-refractivity contribution in [2.75, 3.05) is 44.3 Å². The van der Waals surface area contributed by atoms with E-state index in [-0.39, 0.29) is 28.7 Å². The van der Waals surface area contributed by atoms with Gasteiger partial charge in [-0.15, -0.1) is 5.10 Å². The number of anilines is 2. The number of benzene rings is 2. The van der Waals surface area contributed by atoms with Crippen LogP contribution in [0.3, 0.4) is 0 Å². The van der Waals surface area contributed by atoms with Crippen molar-refractivity contribution in [3.8, 4) is 22.7 Å².